The van der Waals surface area contributed by atoms with Gasteiger partial charge < -0.3 is 19.7 Å². The Bertz CT molecular complexity index is 857. The molecule has 0 unspecified atom stereocenters. The number of rotatable bonds is 13. The summed E-state index contributed by atoms with van der Waals surface area (Å²) in [6.45, 7) is 5.16. The van der Waals surface area contributed by atoms with Gasteiger partial charge in [0.05, 0.1) is 13.7 Å². The number of carbonyl (C=O) groups is 2. The lowest BCUT2D eigenvalue weighted by atomic mass is 10.1. The fourth-order valence-electron chi connectivity index (χ4n) is 3.18. The van der Waals surface area contributed by atoms with Crippen LogP contribution in [0.1, 0.15) is 45.1 Å². The summed E-state index contributed by atoms with van der Waals surface area (Å²) in [7, 11) is 1.61. The normalized spacial score (nSPS) is 11.5. The summed E-state index contributed by atoms with van der Waals surface area (Å²) < 4.78 is 10.9. The number of unbranched alkanes of at least 4 members (excludes halogenated alkanes) is 1. The van der Waals surface area contributed by atoms with E-state index in [1.807, 2.05) is 42.5 Å². The molecule has 0 aliphatic heterocycles. The van der Waals surface area contributed by atoms with E-state index in [0.29, 0.717) is 31.1 Å². The van der Waals surface area contributed by atoms with Crippen molar-refractivity contribution in [3.63, 3.8) is 0 Å². The predicted molar refractivity (Wildman–Crippen MR) is 127 cm³/mol. The van der Waals surface area contributed by atoms with Crippen molar-refractivity contribution in [1.82, 2.24) is 10.2 Å². The third-order valence-electron chi connectivity index (χ3n) is 5.10. The summed E-state index contributed by atoms with van der Waals surface area (Å²) in [5, 5.41) is 3.52. The topological polar surface area (TPSA) is 67.9 Å². The van der Waals surface area contributed by atoms with E-state index in [2.05, 4.69) is 12.2 Å². The van der Waals surface area contributed by atoms with E-state index in [0.717, 1.165) is 29.9 Å². The lowest BCUT2D eigenvalue weighted by Crippen LogP contribution is -2.47. The van der Waals surface area contributed by atoms with Crippen LogP contribution in [-0.4, -0.2) is 43.0 Å². The first-order chi connectivity index (χ1) is 15.4. The first kappa shape index (κ1) is 25.5. The van der Waals surface area contributed by atoms with Gasteiger partial charge in [0.2, 0.25) is 11.8 Å². The van der Waals surface area contributed by atoms with Gasteiger partial charge in [-0.15, -0.1) is 0 Å². The van der Waals surface area contributed by atoms with Crippen LogP contribution in [0.25, 0.3) is 0 Å². The number of benzene rings is 2. The van der Waals surface area contributed by atoms with Crippen LogP contribution in [0.15, 0.2) is 48.5 Å². The van der Waals surface area contributed by atoms with Crippen LogP contribution < -0.4 is 14.8 Å². The molecule has 0 fully saturated rings. The molecule has 32 heavy (non-hydrogen) atoms. The molecule has 0 bridgehead atoms. The summed E-state index contributed by atoms with van der Waals surface area (Å²) in [6.07, 6.45) is 2.72. The number of nitrogens with zero attached hydrogens (tertiary/aromatic N) is 1. The highest BCUT2D eigenvalue weighted by molar-refractivity contribution is 6.30. The Balaban J connectivity index is 1.96. The molecule has 2 amide bonds. The summed E-state index contributed by atoms with van der Waals surface area (Å²) >= 11 is 6.11. The molecule has 0 spiro atoms. The molecule has 0 radical (unpaired) electrons. The maximum Gasteiger partial charge on any atom is 0.242 e. The Morgan fingerprint density at radius 2 is 1.81 bits per heavy atom. The SMILES string of the molecule is CCCCNC(=O)[C@@H](C)N(Cc1cccc(Cl)c1)C(=O)CCCOc1ccc(OC)cc1. The number of amides is 2. The van der Waals surface area contributed by atoms with Crippen molar-refractivity contribution in [2.45, 2.75) is 52.1 Å². The molecule has 0 aliphatic rings. The molecule has 7 heteroatoms. The molecule has 0 saturated heterocycles. The molecule has 2 aromatic carbocycles. The molecule has 0 aromatic heterocycles. The van der Waals surface area contributed by atoms with Gasteiger partial charge in [-0.2, -0.15) is 0 Å². The fourth-order valence-corrected chi connectivity index (χ4v) is 3.39. The number of halogens is 1. The Morgan fingerprint density at radius 1 is 1.09 bits per heavy atom. The molecule has 0 aliphatic carbocycles. The first-order valence-electron chi connectivity index (χ1n) is 11.0. The van der Waals surface area contributed by atoms with Gasteiger partial charge in [-0.05, 0) is 61.7 Å². The highest BCUT2D eigenvalue weighted by Crippen LogP contribution is 2.18. The standard InChI is InChI=1S/C25H33ClN2O4/c1-4-5-15-27-25(30)19(2)28(18-20-8-6-9-21(26)17-20)24(29)10-7-16-32-23-13-11-22(31-3)12-14-23/h6,8-9,11-14,17,19H,4-5,7,10,15-16,18H2,1-3H3,(H,27,30)/t19-/m1/s1. The molecule has 0 saturated carbocycles. The largest absolute Gasteiger partial charge is 0.497 e. The van der Waals surface area contributed by atoms with Crippen LogP contribution >= 0.6 is 11.6 Å². The van der Waals surface area contributed by atoms with Gasteiger partial charge in [-0.1, -0.05) is 37.1 Å². The number of nitrogens with one attached hydrogen (secondary N) is 1. The number of carbonyl (C=O) groups excluding carboxylic acids is 2. The molecule has 1 atom stereocenters. The summed E-state index contributed by atoms with van der Waals surface area (Å²) in [4.78, 5) is 27.3. The van der Waals surface area contributed by atoms with Crippen molar-refractivity contribution >= 4 is 23.4 Å². The molecule has 0 heterocycles. The number of hydrogen-bond acceptors (Lipinski definition) is 4. The lowest BCUT2D eigenvalue weighted by molar-refractivity contribution is -0.140. The number of ether oxygens (including phenoxy) is 2. The van der Waals surface area contributed by atoms with Gasteiger partial charge in [0.15, 0.2) is 0 Å². The third kappa shape index (κ3) is 8.42. The summed E-state index contributed by atoms with van der Waals surface area (Å²) in [5.41, 5.74) is 0.883. The van der Waals surface area contributed by atoms with Gasteiger partial charge >= 0.3 is 0 Å². The highest BCUT2D eigenvalue weighted by Gasteiger charge is 2.25. The van der Waals surface area contributed by atoms with Crippen molar-refractivity contribution in [3.05, 3.63) is 59.1 Å². The van der Waals surface area contributed by atoms with Crippen LogP contribution in [0.3, 0.4) is 0 Å². The number of methoxy groups -OCH3 is 1. The Hall–Kier alpha value is -2.73. The van der Waals surface area contributed by atoms with Crippen molar-refractivity contribution in [2.24, 2.45) is 0 Å². The van der Waals surface area contributed by atoms with Crippen molar-refractivity contribution in [3.8, 4) is 11.5 Å². The molecular formula is C25H33ClN2O4. The maximum atomic E-state index is 13.0. The second-order valence-corrected chi connectivity index (χ2v) is 8.04. The highest BCUT2D eigenvalue weighted by atomic mass is 35.5. The third-order valence-corrected chi connectivity index (χ3v) is 5.34. The second kappa shape index (κ2) is 13.6. The smallest absolute Gasteiger partial charge is 0.242 e. The van der Waals surface area contributed by atoms with Crippen LogP contribution in [0.5, 0.6) is 11.5 Å². The predicted octanol–water partition coefficient (Wildman–Crippen LogP) is 4.84. The van der Waals surface area contributed by atoms with E-state index in [9.17, 15) is 9.59 Å². The van der Waals surface area contributed by atoms with E-state index in [4.69, 9.17) is 21.1 Å². The molecular weight excluding hydrogens is 428 g/mol. The average molecular weight is 461 g/mol. The van der Waals surface area contributed by atoms with Crippen LogP contribution in [-0.2, 0) is 16.1 Å². The monoisotopic (exact) mass is 460 g/mol. The minimum atomic E-state index is -0.583. The molecule has 1 N–H and O–H groups in total. The van der Waals surface area contributed by atoms with Crippen molar-refractivity contribution < 1.29 is 19.1 Å². The molecule has 2 aromatic rings. The van der Waals surface area contributed by atoms with E-state index < -0.39 is 6.04 Å². The van der Waals surface area contributed by atoms with Gasteiger partial charge in [0, 0.05) is 24.5 Å². The maximum absolute atomic E-state index is 13.0. The molecule has 2 rings (SSSR count). The summed E-state index contributed by atoms with van der Waals surface area (Å²) in [6, 6.07) is 14.1. The van der Waals surface area contributed by atoms with Crippen LogP contribution in [0, 0.1) is 0 Å². The number of hydrogen-bond donors (Lipinski definition) is 1. The first-order valence-corrected chi connectivity index (χ1v) is 11.4. The zero-order chi connectivity index (χ0) is 23.3. The van der Waals surface area contributed by atoms with Gasteiger partial charge in [0.1, 0.15) is 17.5 Å². The Labute approximate surface area is 195 Å². The van der Waals surface area contributed by atoms with E-state index in [1.165, 1.54) is 0 Å². The van der Waals surface area contributed by atoms with Crippen molar-refractivity contribution in [1.29, 1.82) is 0 Å². The molecule has 6 nitrogen and oxygen atoms in total. The van der Waals surface area contributed by atoms with Crippen molar-refractivity contribution in [2.75, 3.05) is 20.3 Å². The second-order valence-electron chi connectivity index (χ2n) is 7.60. The van der Waals surface area contributed by atoms with E-state index in [-0.39, 0.29) is 18.2 Å². The lowest BCUT2D eigenvalue weighted by Gasteiger charge is -2.29. The van der Waals surface area contributed by atoms with Gasteiger partial charge in [-0.3, -0.25) is 9.59 Å². The van der Waals surface area contributed by atoms with Crippen LogP contribution in [0.2, 0.25) is 5.02 Å². The molecule has 174 valence electrons. The zero-order valence-electron chi connectivity index (χ0n) is 19.1. The van der Waals surface area contributed by atoms with E-state index in [1.54, 1.807) is 25.0 Å². The van der Waals surface area contributed by atoms with Gasteiger partial charge in [-0.25, -0.2) is 0 Å². The van der Waals surface area contributed by atoms with Crippen LogP contribution in [0.4, 0.5) is 0 Å². The minimum absolute atomic E-state index is 0.0959. The Kier molecular flexibility index (Phi) is 10.9. The summed E-state index contributed by atoms with van der Waals surface area (Å²) in [5.74, 6) is 1.23. The zero-order valence-corrected chi connectivity index (χ0v) is 19.9. The average Bonchev–Trinajstić information content (AvgIpc) is 2.80. The Morgan fingerprint density at radius 3 is 2.47 bits per heavy atom. The van der Waals surface area contributed by atoms with E-state index >= 15 is 0 Å². The quantitative estimate of drug-likeness (QED) is 0.434. The minimum Gasteiger partial charge on any atom is -0.497 e. The van der Waals surface area contributed by atoms with Gasteiger partial charge in [0.25, 0.3) is 0 Å². The fraction of sp³-hybridized carbons (Fsp3) is 0.440.